The minimum Gasteiger partial charge on any atom is -0.379 e. The molecule has 0 aromatic heterocycles. The normalized spacial score (nSPS) is 11.1. The van der Waals surface area contributed by atoms with Gasteiger partial charge in [-0.05, 0) is 12.8 Å². The summed E-state index contributed by atoms with van der Waals surface area (Å²) in [6.07, 6.45) is 6.06. The largest absolute Gasteiger partial charge is 0.379 e. The van der Waals surface area contributed by atoms with Crippen molar-refractivity contribution in [1.29, 1.82) is 0 Å². The Morgan fingerprint density at radius 2 is 0.895 bits per heavy atom. The fourth-order valence-electron chi connectivity index (χ4n) is 1.54. The minimum atomic E-state index is 0.631. The average molecular weight is 276 g/mol. The van der Waals surface area contributed by atoms with Gasteiger partial charge in [0.25, 0.3) is 0 Å². The second kappa shape index (κ2) is 17.8. The maximum Gasteiger partial charge on any atom is 0.0701 e. The quantitative estimate of drug-likeness (QED) is 0.406. The lowest BCUT2D eigenvalue weighted by atomic mass is 10.2. The maximum atomic E-state index is 5.47. The molecule has 0 N–H and O–H groups in total. The lowest BCUT2D eigenvalue weighted by Crippen LogP contribution is -2.12. The van der Waals surface area contributed by atoms with E-state index in [1.54, 1.807) is 0 Å². The highest BCUT2D eigenvalue weighted by molar-refractivity contribution is 4.40. The van der Waals surface area contributed by atoms with E-state index in [9.17, 15) is 0 Å². The summed E-state index contributed by atoms with van der Waals surface area (Å²) < 4.78 is 21.5. The smallest absolute Gasteiger partial charge is 0.0701 e. The van der Waals surface area contributed by atoms with Crippen LogP contribution in [0.15, 0.2) is 0 Å². The van der Waals surface area contributed by atoms with Crippen LogP contribution >= 0.6 is 0 Å². The van der Waals surface area contributed by atoms with Crippen molar-refractivity contribution < 1.29 is 18.9 Å². The first-order valence-electron chi connectivity index (χ1n) is 7.72. The van der Waals surface area contributed by atoms with Crippen molar-refractivity contribution in [3.63, 3.8) is 0 Å². The number of unbranched alkanes of at least 4 members (excludes halogenated alkanes) is 3. The van der Waals surface area contributed by atoms with E-state index >= 15 is 0 Å². The first-order valence-corrected chi connectivity index (χ1v) is 7.72. The average Bonchev–Trinajstić information content (AvgIpc) is 2.43. The summed E-state index contributed by atoms with van der Waals surface area (Å²) in [5.74, 6) is 0. The zero-order chi connectivity index (χ0) is 14.0. The van der Waals surface area contributed by atoms with E-state index in [-0.39, 0.29) is 0 Å². The molecular formula is C15H32O4. The Kier molecular flexibility index (Phi) is 17.7. The maximum absolute atomic E-state index is 5.47. The SMILES string of the molecule is CCCCCCOCCOCCOCCOCCC. The van der Waals surface area contributed by atoms with Crippen molar-refractivity contribution in [3.8, 4) is 0 Å². The molecule has 0 aromatic rings. The lowest BCUT2D eigenvalue weighted by Gasteiger charge is -2.07. The van der Waals surface area contributed by atoms with Crippen LogP contribution in [0.5, 0.6) is 0 Å². The predicted molar refractivity (Wildman–Crippen MR) is 77.7 cm³/mol. The van der Waals surface area contributed by atoms with E-state index in [1.807, 2.05) is 0 Å². The second-order valence-electron chi connectivity index (χ2n) is 4.51. The summed E-state index contributed by atoms with van der Waals surface area (Å²) in [5.41, 5.74) is 0. The van der Waals surface area contributed by atoms with Gasteiger partial charge in [-0.25, -0.2) is 0 Å². The zero-order valence-corrected chi connectivity index (χ0v) is 12.8. The monoisotopic (exact) mass is 276 g/mol. The molecule has 0 spiro atoms. The molecule has 0 rings (SSSR count). The molecule has 0 unspecified atom stereocenters. The third-order valence-corrected chi connectivity index (χ3v) is 2.61. The van der Waals surface area contributed by atoms with Crippen molar-refractivity contribution in [2.24, 2.45) is 0 Å². The van der Waals surface area contributed by atoms with Crippen LogP contribution in [0.3, 0.4) is 0 Å². The van der Waals surface area contributed by atoms with Crippen molar-refractivity contribution in [2.75, 3.05) is 52.9 Å². The molecule has 0 fully saturated rings. The highest BCUT2D eigenvalue weighted by Crippen LogP contribution is 1.98. The van der Waals surface area contributed by atoms with Gasteiger partial charge in [-0.2, -0.15) is 0 Å². The van der Waals surface area contributed by atoms with Crippen LogP contribution in [-0.4, -0.2) is 52.9 Å². The van der Waals surface area contributed by atoms with E-state index < -0.39 is 0 Å². The van der Waals surface area contributed by atoms with Crippen LogP contribution in [0, 0.1) is 0 Å². The molecule has 0 aliphatic heterocycles. The molecule has 4 nitrogen and oxygen atoms in total. The number of hydrogen-bond donors (Lipinski definition) is 0. The number of rotatable bonds is 16. The summed E-state index contributed by atoms with van der Waals surface area (Å²) in [6.45, 7) is 9.91. The van der Waals surface area contributed by atoms with Gasteiger partial charge in [-0.1, -0.05) is 33.1 Å². The summed E-state index contributed by atoms with van der Waals surface area (Å²) in [6, 6.07) is 0. The summed E-state index contributed by atoms with van der Waals surface area (Å²) in [5, 5.41) is 0. The van der Waals surface area contributed by atoms with Crippen LogP contribution in [0.2, 0.25) is 0 Å². The zero-order valence-electron chi connectivity index (χ0n) is 12.8. The van der Waals surface area contributed by atoms with Crippen molar-refractivity contribution in [3.05, 3.63) is 0 Å². The molecule has 0 bridgehead atoms. The number of hydrogen-bond acceptors (Lipinski definition) is 4. The fourth-order valence-corrected chi connectivity index (χ4v) is 1.54. The van der Waals surface area contributed by atoms with Gasteiger partial charge in [-0.15, -0.1) is 0 Å². The Balaban J connectivity index is 2.88. The Morgan fingerprint density at radius 3 is 1.37 bits per heavy atom. The van der Waals surface area contributed by atoms with Gasteiger partial charge in [0.15, 0.2) is 0 Å². The predicted octanol–water partition coefficient (Wildman–Crippen LogP) is 3.04. The second-order valence-corrected chi connectivity index (χ2v) is 4.51. The van der Waals surface area contributed by atoms with Crippen molar-refractivity contribution in [1.82, 2.24) is 0 Å². The van der Waals surface area contributed by atoms with E-state index in [0.29, 0.717) is 39.6 Å². The number of ether oxygens (including phenoxy) is 4. The molecule has 0 aliphatic carbocycles. The van der Waals surface area contributed by atoms with Gasteiger partial charge in [0.1, 0.15) is 0 Å². The standard InChI is InChI=1S/C15H32O4/c1-3-5-6-7-9-17-11-13-19-15-14-18-12-10-16-8-4-2/h3-15H2,1-2H3. The molecule has 116 valence electrons. The molecule has 19 heavy (non-hydrogen) atoms. The highest BCUT2D eigenvalue weighted by atomic mass is 16.6. The third kappa shape index (κ3) is 17.8. The molecule has 0 heterocycles. The Hall–Kier alpha value is -0.160. The van der Waals surface area contributed by atoms with Gasteiger partial charge >= 0.3 is 0 Å². The van der Waals surface area contributed by atoms with Crippen molar-refractivity contribution >= 4 is 0 Å². The topological polar surface area (TPSA) is 36.9 Å². The first kappa shape index (κ1) is 18.8. The molecule has 0 saturated heterocycles. The minimum absolute atomic E-state index is 0.631. The Labute approximate surface area is 118 Å². The summed E-state index contributed by atoms with van der Waals surface area (Å²) in [7, 11) is 0. The third-order valence-electron chi connectivity index (χ3n) is 2.61. The molecule has 0 aromatic carbocycles. The molecule has 0 amide bonds. The van der Waals surface area contributed by atoms with E-state index in [2.05, 4.69) is 13.8 Å². The van der Waals surface area contributed by atoms with Gasteiger partial charge in [0.05, 0.1) is 39.6 Å². The highest BCUT2D eigenvalue weighted by Gasteiger charge is 1.92. The Morgan fingerprint density at radius 1 is 0.421 bits per heavy atom. The van der Waals surface area contributed by atoms with E-state index in [4.69, 9.17) is 18.9 Å². The van der Waals surface area contributed by atoms with Crippen LogP contribution in [-0.2, 0) is 18.9 Å². The van der Waals surface area contributed by atoms with Crippen molar-refractivity contribution in [2.45, 2.75) is 46.0 Å². The molecule has 0 aliphatic rings. The van der Waals surface area contributed by atoms with Gasteiger partial charge in [0.2, 0.25) is 0 Å². The van der Waals surface area contributed by atoms with E-state index in [1.165, 1.54) is 19.3 Å². The molecule has 0 saturated carbocycles. The molecular weight excluding hydrogens is 244 g/mol. The Bertz CT molecular complexity index is 137. The van der Waals surface area contributed by atoms with Gasteiger partial charge in [0, 0.05) is 13.2 Å². The lowest BCUT2D eigenvalue weighted by molar-refractivity contribution is -0.00205. The molecule has 0 atom stereocenters. The van der Waals surface area contributed by atoms with Crippen LogP contribution in [0.1, 0.15) is 46.0 Å². The van der Waals surface area contributed by atoms with E-state index in [0.717, 1.165) is 26.1 Å². The van der Waals surface area contributed by atoms with Crippen LogP contribution in [0.25, 0.3) is 0 Å². The summed E-state index contributed by atoms with van der Waals surface area (Å²) >= 11 is 0. The van der Waals surface area contributed by atoms with Crippen LogP contribution < -0.4 is 0 Å². The first-order chi connectivity index (χ1) is 9.41. The summed E-state index contributed by atoms with van der Waals surface area (Å²) in [4.78, 5) is 0. The fraction of sp³-hybridized carbons (Fsp3) is 1.00. The molecule has 4 heteroatoms. The van der Waals surface area contributed by atoms with Crippen LogP contribution in [0.4, 0.5) is 0 Å². The van der Waals surface area contributed by atoms with Gasteiger partial charge < -0.3 is 18.9 Å². The molecule has 0 radical (unpaired) electrons. The van der Waals surface area contributed by atoms with Gasteiger partial charge in [-0.3, -0.25) is 0 Å².